The summed E-state index contributed by atoms with van der Waals surface area (Å²) < 4.78 is 38.3. The summed E-state index contributed by atoms with van der Waals surface area (Å²) in [6.07, 6.45) is -3.87. The van der Waals surface area contributed by atoms with Gasteiger partial charge in [0.05, 0.1) is 17.2 Å². The summed E-state index contributed by atoms with van der Waals surface area (Å²) >= 11 is 0. The fraction of sp³-hybridized carbons (Fsp3) is 0.250. The number of hydrogen-bond donors (Lipinski definition) is 2. The van der Waals surface area contributed by atoms with Gasteiger partial charge in [0.15, 0.2) is 0 Å². The van der Waals surface area contributed by atoms with Crippen LogP contribution in [0.5, 0.6) is 5.75 Å². The summed E-state index contributed by atoms with van der Waals surface area (Å²) in [4.78, 5) is 13.9. The van der Waals surface area contributed by atoms with Crippen molar-refractivity contribution in [3.63, 3.8) is 0 Å². The van der Waals surface area contributed by atoms with Crippen LogP contribution in [0.4, 0.5) is 18.9 Å². The number of nitro benzene ring substituents is 1. The summed E-state index contributed by atoms with van der Waals surface area (Å²) in [5.41, 5.74) is -1.63. The molecule has 6 nitrogen and oxygen atoms in total. The Morgan fingerprint density at radius 3 is 2.71 bits per heavy atom. The van der Waals surface area contributed by atoms with Crippen LogP contribution in [0.2, 0.25) is 0 Å². The number of benzene rings is 1. The second-order valence-electron chi connectivity index (χ2n) is 4.21. The molecule has 21 heavy (non-hydrogen) atoms. The van der Waals surface area contributed by atoms with Crippen molar-refractivity contribution in [2.75, 3.05) is 13.1 Å². The number of rotatable bonds is 2. The van der Waals surface area contributed by atoms with Gasteiger partial charge in [-0.05, 0) is 12.1 Å². The van der Waals surface area contributed by atoms with Crippen LogP contribution in [0.1, 0.15) is 5.56 Å². The Kier molecular flexibility index (Phi) is 3.83. The number of nitrogens with zero attached hydrogens (tertiary/aromatic N) is 2. The lowest BCUT2D eigenvalue weighted by Crippen LogP contribution is -2.27. The van der Waals surface area contributed by atoms with Crippen LogP contribution in [-0.2, 0) is 0 Å². The van der Waals surface area contributed by atoms with Gasteiger partial charge in [-0.25, -0.2) is 0 Å². The van der Waals surface area contributed by atoms with E-state index in [0.29, 0.717) is 0 Å². The van der Waals surface area contributed by atoms with Crippen LogP contribution in [0.15, 0.2) is 35.0 Å². The van der Waals surface area contributed by atoms with E-state index in [1.165, 1.54) is 0 Å². The molecule has 0 bridgehead atoms. The molecule has 9 heteroatoms. The number of aromatic hydroxyl groups is 1. The Bertz CT molecular complexity index is 638. The highest BCUT2D eigenvalue weighted by Crippen LogP contribution is 2.28. The normalized spacial score (nSPS) is 15.6. The Balaban J connectivity index is 2.51. The Hall–Kier alpha value is -2.58. The van der Waals surface area contributed by atoms with E-state index in [1.54, 1.807) is 0 Å². The van der Waals surface area contributed by atoms with Crippen molar-refractivity contribution in [2.24, 2.45) is 4.99 Å². The lowest BCUT2D eigenvalue weighted by atomic mass is 10.1. The molecule has 0 unspecified atom stereocenters. The number of alkyl halides is 3. The van der Waals surface area contributed by atoms with Gasteiger partial charge < -0.3 is 10.4 Å². The fourth-order valence-corrected chi connectivity index (χ4v) is 1.79. The molecule has 0 amide bonds. The van der Waals surface area contributed by atoms with Crippen molar-refractivity contribution in [2.45, 2.75) is 6.18 Å². The predicted octanol–water partition coefficient (Wildman–Crippen LogP) is 2.14. The van der Waals surface area contributed by atoms with Gasteiger partial charge in [0.25, 0.3) is 5.69 Å². The van der Waals surface area contributed by atoms with Crippen LogP contribution < -0.4 is 5.32 Å². The molecule has 2 rings (SSSR count). The predicted molar refractivity (Wildman–Crippen MR) is 68.3 cm³/mol. The second kappa shape index (κ2) is 5.43. The zero-order valence-electron chi connectivity index (χ0n) is 10.5. The van der Waals surface area contributed by atoms with Crippen molar-refractivity contribution in [3.8, 4) is 5.75 Å². The highest BCUT2D eigenvalue weighted by Gasteiger charge is 2.34. The number of nitro groups is 1. The number of phenolic OH excluding ortho intramolecular Hbond substituents is 1. The first kappa shape index (κ1) is 14.8. The van der Waals surface area contributed by atoms with E-state index in [0.717, 1.165) is 24.3 Å². The van der Waals surface area contributed by atoms with Crippen molar-refractivity contribution in [1.29, 1.82) is 0 Å². The van der Waals surface area contributed by atoms with Crippen LogP contribution in [0.3, 0.4) is 0 Å². The molecule has 0 aliphatic carbocycles. The molecule has 1 aliphatic rings. The zero-order valence-corrected chi connectivity index (χ0v) is 10.5. The van der Waals surface area contributed by atoms with E-state index >= 15 is 0 Å². The molecule has 0 saturated heterocycles. The number of allylic oxidation sites excluding steroid dienone is 2. The van der Waals surface area contributed by atoms with Crippen LogP contribution in [0, 0.1) is 10.1 Å². The SMILES string of the molecule is O=[N+]([O-])c1ccc(O)c(C2=NCCNC(C(F)(F)F)=C2)c1. The maximum atomic E-state index is 12.8. The van der Waals surface area contributed by atoms with E-state index in [4.69, 9.17) is 0 Å². The van der Waals surface area contributed by atoms with Gasteiger partial charge in [0, 0.05) is 24.2 Å². The van der Waals surface area contributed by atoms with Gasteiger partial charge in [-0.1, -0.05) is 0 Å². The minimum Gasteiger partial charge on any atom is -0.507 e. The van der Waals surface area contributed by atoms with Crippen molar-refractivity contribution in [1.82, 2.24) is 5.32 Å². The maximum Gasteiger partial charge on any atom is 0.430 e. The quantitative estimate of drug-likeness (QED) is 0.647. The molecular weight excluding hydrogens is 291 g/mol. The lowest BCUT2D eigenvalue weighted by molar-refractivity contribution is -0.384. The molecule has 1 aromatic rings. The van der Waals surface area contributed by atoms with E-state index in [9.17, 15) is 28.4 Å². The molecule has 0 aromatic heterocycles. The Morgan fingerprint density at radius 1 is 1.38 bits per heavy atom. The average molecular weight is 301 g/mol. The minimum absolute atomic E-state index is 0.0233. The average Bonchev–Trinajstić information content (AvgIpc) is 2.64. The highest BCUT2D eigenvalue weighted by molar-refractivity contribution is 6.11. The van der Waals surface area contributed by atoms with Gasteiger partial charge in [0.1, 0.15) is 11.4 Å². The van der Waals surface area contributed by atoms with E-state index in [2.05, 4.69) is 10.3 Å². The Morgan fingerprint density at radius 2 is 2.10 bits per heavy atom. The molecule has 1 aliphatic heterocycles. The third-order valence-corrected chi connectivity index (χ3v) is 2.76. The number of halogens is 3. The van der Waals surface area contributed by atoms with Gasteiger partial charge in [0.2, 0.25) is 0 Å². The van der Waals surface area contributed by atoms with Gasteiger partial charge in [-0.3, -0.25) is 15.1 Å². The molecule has 2 N–H and O–H groups in total. The largest absolute Gasteiger partial charge is 0.507 e. The standard InChI is InChI=1S/C12H10F3N3O3/c13-12(14,15)11-6-9(16-3-4-17-11)8-5-7(18(20)21)1-2-10(8)19/h1-2,5-6,17,19H,3-4H2. The number of nitrogens with one attached hydrogen (secondary N) is 1. The topological polar surface area (TPSA) is 87.8 Å². The zero-order chi connectivity index (χ0) is 15.6. The van der Waals surface area contributed by atoms with Gasteiger partial charge >= 0.3 is 6.18 Å². The van der Waals surface area contributed by atoms with E-state index in [1.807, 2.05) is 0 Å². The van der Waals surface area contributed by atoms with Crippen LogP contribution in [0.25, 0.3) is 0 Å². The summed E-state index contributed by atoms with van der Waals surface area (Å²) in [5.74, 6) is -0.376. The monoisotopic (exact) mass is 301 g/mol. The number of aliphatic imine (C=N–C) groups is 1. The van der Waals surface area contributed by atoms with Crippen molar-refractivity contribution >= 4 is 11.4 Å². The maximum absolute atomic E-state index is 12.8. The molecule has 0 spiro atoms. The van der Waals surface area contributed by atoms with Crippen molar-refractivity contribution < 1.29 is 23.2 Å². The van der Waals surface area contributed by atoms with E-state index in [-0.39, 0.29) is 35.8 Å². The van der Waals surface area contributed by atoms with Gasteiger partial charge in [-0.2, -0.15) is 13.2 Å². The molecule has 0 fully saturated rings. The summed E-state index contributed by atoms with van der Waals surface area (Å²) in [6.45, 7) is 0.0259. The summed E-state index contributed by atoms with van der Waals surface area (Å²) in [6, 6.07) is 3.10. The van der Waals surface area contributed by atoms with E-state index < -0.39 is 16.8 Å². The number of hydrogen-bond acceptors (Lipinski definition) is 5. The first-order valence-electron chi connectivity index (χ1n) is 5.84. The summed E-state index contributed by atoms with van der Waals surface area (Å²) in [7, 11) is 0. The third-order valence-electron chi connectivity index (χ3n) is 2.76. The molecular formula is C12H10F3N3O3. The number of phenols is 1. The summed E-state index contributed by atoms with van der Waals surface area (Å²) in [5, 5.41) is 22.6. The third kappa shape index (κ3) is 3.30. The highest BCUT2D eigenvalue weighted by atomic mass is 19.4. The molecule has 0 radical (unpaired) electrons. The van der Waals surface area contributed by atoms with Crippen LogP contribution in [-0.4, -0.2) is 35.0 Å². The minimum atomic E-state index is -4.60. The Labute approximate surface area is 116 Å². The fourth-order valence-electron chi connectivity index (χ4n) is 1.79. The smallest absolute Gasteiger partial charge is 0.430 e. The van der Waals surface area contributed by atoms with Crippen molar-refractivity contribution in [3.05, 3.63) is 45.6 Å². The first-order valence-corrected chi connectivity index (χ1v) is 5.84. The molecule has 0 atom stereocenters. The molecule has 1 aromatic carbocycles. The second-order valence-corrected chi connectivity index (χ2v) is 4.21. The lowest BCUT2D eigenvalue weighted by Gasteiger charge is -2.12. The first-order chi connectivity index (χ1) is 9.79. The molecule has 1 heterocycles. The van der Waals surface area contributed by atoms with Gasteiger partial charge in [-0.15, -0.1) is 0 Å². The molecule has 0 saturated carbocycles. The number of non-ortho nitro benzene ring substituents is 1. The molecule has 112 valence electrons. The van der Waals surface area contributed by atoms with Crippen LogP contribution >= 0.6 is 0 Å².